The zero-order valence-electron chi connectivity index (χ0n) is 13.5. The molecule has 1 aromatic rings. The summed E-state index contributed by atoms with van der Waals surface area (Å²) in [4.78, 5) is 17.2. The summed E-state index contributed by atoms with van der Waals surface area (Å²) in [5, 5.41) is 9.85. The van der Waals surface area contributed by atoms with E-state index in [9.17, 15) is 9.90 Å². The minimum absolute atomic E-state index is 0.0962. The molecule has 1 amide bonds. The van der Waals surface area contributed by atoms with Crippen molar-refractivity contribution in [2.45, 2.75) is 30.8 Å². The van der Waals surface area contributed by atoms with Gasteiger partial charge in [-0.15, -0.1) is 0 Å². The van der Waals surface area contributed by atoms with Gasteiger partial charge in [0.15, 0.2) is 0 Å². The lowest BCUT2D eigenvalue weighted by Gasteiger charge is -2.51. The Morgan fingerprint density at radius 2 is 2.09 bits per heavy atom. The molecule has 23 heavy (non-hydrogen) atoms. The number of rotatable bonds is 3. The summed E-state index contributed by atoms with van der Waals surface area (Å²) in [6, 6.07) is 8.22. The number of fused-ring (bicyclic) bond motifs is 2. The van der Waals surface area contributed by atoms with Crippen molar-refractivity contribution < 1.29 is 14.6 Å². The zero-order valence-corrected chi connectivity index (χ0v) is 13.5. The number of nitrogens with zero attached hydrogens (tertiary/aromatic N) is 2. The highest BCUT2D eigenvalue weighted by molar-refractivity contribution is 5.78. The van der Waals surface area contributed by atoms with Gasteiger partial charge in [-0.25, -0.2) is 0 Å². The minimum atomic E-state index is 0.0962. The van der Waals surface area contributed by atoms with E-state index in [1.165, 1.54) is 12.8 Å². The fourth-order valence-corrected chi connectivity index (χ4v) is 4.96. The Hall–Kier alpha value is -1.59. The van der Waals surface area contributed by atoms with E-state index >= 15 is 0 Å². The molecule has 5 nitrogen and oxygen atoms in total. The van der Waals surface area contributed by atoms with Crippen LogP contribution in [0.25, 0.3) is 0 Å². The number of piperidine rings is 3. The van der Waals surface area contributed by atoms with Gasteiger partial charge in [-0.3, -0.25) is 9.69 Å². The number of carbonyl (C=O) groups is 1. The number of ether oxygens (including phenoxy) is 1. The standard InChI is InChI=1S/C18H24N2O3/c1-23-11-16(22)20-10-15(13-3-2-4-14(21)9-13)18-17(20)12-5-7-19(18)8-6-12/h2-4,9,12,15,17-18,21H,5-8,10-11H2,1H3/t15-,17+,18+/m0/s1. The van der Waals surface area contributed by atoms with Crippen LogP contribution in [-0.2, 0) is 9.53 Å². The number of carbonyl (C=O) groups excluding carboxylic acids is 1. The molecule has 4 aliphatic rings. The quantitative estimate of drug-likeness (QED) is 0.916. The van der Waals surface area contributed by atoms with Crippen LogP contribution in [0.2, 0.25) is 0 Å². The third kappa shape index (κ3) is 2.42. The normalized spacial score (nSPS) is 35.3. The van der Waals surface area contributed by atoms with Crippen LogP contribution in [0, 0.1) is 5.92 Å². The lowest BCUT2D eigenvalue weighted by molar-refractivity contribution is -0.139. The van der Waals surface area contributed by atoms with E-state index < -0.39 is 0 Å². The van der Waals surface area contributed by atoms with E-state index in [-0.39, 0.29) is 18.4 Å². The van der Waals surface area contributed by atoms with E-state index in [1.54, 1.807) is 13.2 Å². The van der Waals surface area contributed by atoms with Crippen LogP contribution in [0.15, 0.2) is 24.3 Å². The second-order valence-electron chi connectivity index (χ2n) is 7.04. The van der Waals surface area contributed by atoms with Crippen LogP contribution in [0.1, 0.15) is 24.3 Å². The van der Waals surface area contributed by atoms with Crippen LogP contribution in [0.3, 0.4) is 0 Å². The topological polar surface area (TPSA) is 53.0 Å². The number of aromatic hydroxyl groups is 1. The summed E-state index contributed by atoms with van der Waals surface area (Å²) in [5.41, 5.74) is 1.14. The Morgan fingerprint density at radius 1 is 1.30 bits per heavy atom. The van der Waals surface area contributed by atoms with E-state index in [0.717, 1.165) is 25.2 Å². The van der Waals surface area contributed by atoms with Gasteiger partial charge in [-0.05, 0) is 49.5 Å². The van der Waals surface area contributed by atoms with Gasteiger partial charge in [-0.1, -0.05) is 12.1 Å². The maximum atomic E-state index is 12.6. The average molecular weight is 316 g/mol. The Balaban J connectivity index is 1.69. The fraction of sp³-hybridized carbons (Fsp3) is 0.611. The lowest BCUT2D eigenvalue weighted by atomic mass is 9.75. The van der Waals surface area contributed by atoms with Crippen molar-refractivity contribution in [3.63, 3.8) is 0 Å². The predicted octanol–water partition coefficient (Wildman–Crippen LogP) is 1.43. The van der Waals surface area contributed by atoms with Crippen LogP contribution < -0.4 is 0 Å². The molecule has 2 bridgehead atoms. The number of hydrogen-bond acceptors (Lipinski definition) is 4. The van der Waals surface area contributed by atoms with Gasteiger partial charge < -0.3 is 14.7 Å². The van der Waals surface area contributed by atoms with Gasteiger partial charge in [0.1, 0.15) is 12.4 Å². The van der Waals surface area contributed by atoms with Gasteiger partial charge in [0, 0.05) is 25.6 Å². The molecule has 4 fully saturated rings. The molecule has 1 N–H and O–H groups in total. The van der Waals surface area contributed by atoms with Crippen molar-refractivity contribution in [2.75, 3.05) is 33.4 Å². The van der Waals surface area contributed by atoms with Crippen molar-refractivity contribution in [2.24, 2.45) is 5.92 Å². The van der Waals surface area contributed by atoms with E-state index in [0.29, 0.717) is 23.8 Å². The highest BCUT2D eigenvalue weighted by Gasteiger charge is 2.54. The van der Waals surface area contributed by atoms with Crippen molar-refractivity contribution >= 4 is 5.91 Å². The van der Waals surface area contributed by atoms with Crippen molar-refractivity contribution in [1.29, 1.82) is 0 Å². The second-order valence-corrected chi connectivity index (χ2v) is 7.04. The highest BCUT2D eigenvalue weighted by atomic mass is 16.5. The molecule has 5 rings (SSSR count). The molecular formula is C18H24N2O3. The molecule has 0 aromatic heterocycles. The monoisotopic (exact) mass is 316 g/mol. The molecule has 0 radical (unpaired) electrons. The summed E-state index contributed by atoms with van der Waals surface area (Å²) in [6.07, 6.45) is 2.37. The van der Waals surface area contributed by atoms with E-state index in [2.05, 4.69) is 15.9 Å². The first-order chi connectivity index (χ1) is 11.2. The number of likely N-dealkylation sites (tertiary alicyclic amines) is 1. The predicted molar refractivity (Wildman–Crippen MR) is 86.3 cm³/mol. The molecule has 0 unspecified atom stereocenters. The largest absolute Gasteiger partial charge is 0.508 e. The van der Waals surface area contributed by atoms with E-state index in [1.807, 2.05) is 12.1 Å². The van der Waals surface area contributed by atoms with E-state index in [4.69, 9.17) is 4.74 Å². The van der Waals surface area contributed by atoms with Crippen molar-refractivity contribution in [3.05, 3.63) is 29.8 Å². The number of hydrogen-bond donors (Lipinski definition) is 1. The molecule has 5 heteroatoms. The summed E-state index contributed by atoms with van der Waals surface area (Å²) in [6.45, 7) is 3.15. The molecule has 4 heterocycles. The molecule has 0 spiro atoms. The smallest absolute Gasteiger partial charge is 0.248 e. The summed E-state index contributed by atoms with van der Waals surface area (Å²) < 4.78 is 5.09. The van der Waals surface area contributed by atoms with Crippen LogP contribution in [0.5, 0.6) is 5.75 Å². The lowest BCUT2D eigenvalue weighted by Crippen LogP contribution is -2.61. The number of benzene rings is 1. The van der Waals surface area contributed by atoms with Crippen LogP contribution >= 0.6 is 0 Å². The molecule has 1 aromatic carbocycles. The molecule has 4 saturated heterocycles. The number of phenols is 1. The zero-order chi connectivity index (χ0) is 16.0. The number of phenolic OH excluding ortho intramolecular Hbond substituents is 1. The first-order valence-corrected chi connectivity index (χ1v) is 8.50. The van der Waals surface area contributed by atoms with Crippen LogP contribution in [0.4, 0.5) is 0 Å². The molecule has 0 aliphatic carbocycles. The fourth-order valence-electron chi connectivity index (χ4n) is 4.96. The maximum Gasteiger partial charge on any atom is 0.248 e. The molecule has 3 atom stereocenters. The summed E-state index contributed by atoms with van der Waals surface area (Å²) in [5.74, 6) is 1.28. The van der Waals surface area contributed by atoms with Gasteiger partial charge in [0.2, 0.25) is 5.91 Å². The first kappa shape index (κ1) is 15.0. The molecule has 4 aliphatic heterocycles. The molecule has 0 saturated carbocycles. The minimum Gasteiger partial charge on any atom is -0.508 e. The molecular weight excluding hydrogens is 292 g/mol. The van der Waals surface area contributed by atoms with Crippen molar-refractivity contribution in [3.8, 4) is 5.75 Å². The summed E-state index contributed by atoms with van der Waals surface area (Å²) >= 11 is 0. The third-order valence-electron chi connectivity index (χ3n) is 5.88. The maximum absolute atomic E-state index is 12.6. The summed E-state index contributed by atoms with van der Waals surface area (Å²) in [7, 11) is 1.58. The van der Waals surface area contributed by atoms with Gasteiger partial charge in [0.05, 0.1) is 6.04 Å². The average Bonchev–Trinajstić information content (AvgIpc) is 2.99. The highest BCUT2D eigenvalue weighted by Crippen LogP contribution is 2.46. The number of methoxy groups -OCH3 is 1. The first-order valence-electron chi connectivity index (χ1n) is 8.50. The van der Waals surface area contributed by atoms with Crippen LogP contribution in [-0.4, -0.2) is 66.2 Å². The Kier molecular flexibility index (Phi) is 3.77. The molecule has 124 valence electrons. The van der Waals surface area contributed by atoms with Gasteiger partial charge >= 0.3 is 0 Å². The Bertz CT molecular complexity index is 598. The van der Waals surface area contributed by atoms with Gasteiger partial charge in [-0.2, -0.15) is 0 Å². The second kappa shape index (κ2) is 5.80. The third-order valence-corrected chi connectivity index (χ3v) is 5.88. The van der Waals surface area contributed by atoms with Gasteiger partial charge in [0.25, 0.3) is 0 Å². The van der Waals surface area contributed by atoms with Crippen molar-refractivity contribution in [1.82, 2.24) is 9.80 Å². The number of amides is 1. The SMILES string of the molecule is COCC(=O)N1C[C@@H](c2cccc(O)c2)[C@@H]2[C@H]1C1CCN2CC1. The Labute approximate surface area is 136 Å². The Morgan fingerprint density at radius 3 is 2.78 bits per heavy atom.